The van der Waals surface area contributed by atoms with Gasteiger partial charge in [0.1, 0.15) is 0 Å². The van der Waals surface area contributed by atoms with Crippen molar-refractivity contribution in [1.82, 2.24) is 15.4 Å². The van der Waals surface area contributed by atoms with Gasteiger partial charge in [-0.3, -0.25) is 9.59 Å². The van der Waals surface area contributed by atoms with Crippen LogP contribution in [0.1, 0.15) is 18.9 Å². The van der Waals surface area contributed by atoms with E-state index < -0.39 is 22.0 Å². The van der Waals surface area contributed by atoms with Crippen LogP contribution < -0.4 is 20.7 Å². The van der Waals surface area contributed by atoms with E-state index >= 15 is 0 Å². The summed E-state index contributed by atoms with van der Waals surface area (Å²) in [5, 5.41) is 7.67. The number of hydrogen-bond acceptors (Lipinski definition) is 5. The maximum Gasteiger partial charge on any atom is 0.319 e. The van der Waals surface area contributed by atoms with E-state index in [4.69, 9.17) is 0 Å². The van der Waals surface area contributed by atoms with Crippen molar-refractivity contribution in [2.24, 2.45) is 0 Å². The van der Waals surface area contributed by atoms with Crippen LogP contribution in [0.3, 0.4) is 0 Å². The first-order valence-corrected chi connectivity index (χ1v) is 10.2. The van der Waals surface area contributed by atoms with Gasteiger partial charge in [-0.2, -0.15) is 0 Å². The van der Waals surface area contributed by atoms with Gasteiger partial charge in [-0.15, -0.1) is 0 Å². The summed E-state index contributed by atoms with van der Waals surface area (Å²) in [7, 11) is -4.02. The summed E-state index contributed by atoms with van der Waals surface area (Å²) in [4.78, 5) is 34.5. The smallest absolute Gasteiger partial charge is 0.319 e. The molecule has 2 aromatic carbocycles. The van der Waals surface area contributed by atoms with Crippen molar-refractivity contribution in [3.63, 3.8) is 0 Å². The Morgan fingerprint density at radius 2 is 1.55 bits per heavy atom. The lowest BCUT2D eigenvalue weighted by Crippen LogP contribution is -2.35. The molecule has 10 heteroatoms. The van der Waals surface area contributed by atoms with E-state index in [1.165, 1.54) is 19.1 Å². The second-order valence-corrected chi connectivity index (χ2v) is 7.76. The molecule has 0 saturated heterocycles. The molecule has 0 aliphatic carbocycles. The standard InChI is InChI=1S/C19H22N4O5S/c1-14(24)21-13-15-7-9-17(10-8-15)29(27,28)23-18(25)11-12-20-19(26)22-16-5-3-2-4-6-16/h2-10H,11-13H2,1H3,(H,21,24)(H,23,25)(H2,20,22,26). The second-order valence-electron chi connectivity index (χ2n) is 6.08. The Balaban J connectivity index is 1.79. The average Bonchev–Trinajstić information content (AvgIpc) is 2.67. The fourth-order valence-corrected chi connectivity index (χ4v) is 3.27. The topological polar surface area (TPSA) is 133 Å². The molecular formula is C19H22N4O5S. The lowest BCUT2D eigenvalue weighted by atomic mass is 10.2. The van der Waals surface area contributed by atoms with Crippen molar-refractivity contribution in [2.45, 2.75) is 24.8 Å². The number of anilines is 1. The van der Waals surface area contributed by atoms with E-state index in [0.717, 1.165) is 5.56 Å². The van der Waals surface area contributed by atoms with Gasteiger partial charge in [0.05, 0.1) is 4.90 Å². The summed E-state index contributed by atoms with van der Waals surface area (Å²) in [5.74, 6) is -0.938. The quantitative estimate of drug-likeness (QED) is 0.513. The number of carbonyl (C=O) groups excluding carboxylic acids is 3. The molecule has 0 unspecified atom stereocenters. The predicted octanol–water partition coefficient (Wildman–Crippen LogP) is 1.34. The lowest BCUT2D eigenvalue weighted by Gasteiger charge is -2.09. The molecule has 0 bridgehead atoms. The minimum Gasteiger partial charge on any atom is -0.352 e. The normalized spacial score (nSPS) is 10.7. The first-order chi connectivity index (χ1) is 13.8. The number of nitrogens with one attached hydrogen (secondary N) is 4. The number of sulfonamides is 1. The predicted molar refractivity (Wildman–Crippen MR) is 107 cm³/mol. The van der Waals surface area contributed by atoms with Gasteiger partial charge in [-0.1, -0.05) is 30.3 Å². The number of urea groups is 1. The SMILES string of the molecule is CC(=O)NCc1ccc(S(=O)(=O)NC(=O)CCNC(=O)Nc2ccccc2)cc1. The molecule has 4 amide bonds. The van der Waals surface area contributed by atoms with Crippen molar-refractivity contribution < 1.29 is 22.8 Å². The Morgan fingerprint density at radius 3 is 2.17 bits per heavy atom. The number of para-hydroxylation sites is 1. The molecule has 0 heterocycles. The fourth-order valence-electron chi connectivity index (χ4n) is 2.26. The summed E-state index contributed by atoms with van der Waals surface area (Å²) < 4.78 is 26.5. The second kappa shape index (κ2) is 10.2. The minimum atomic E-state index is -4.02. The third-order valence-corrected chi connectivity index (χ3v) is 5.08. The molecule has 0 aliphatic heterocycles. The van der Waals surface area contributed by atoms with Gasteiger partial charge in [0.2, 0.25) is 11.8 Å². The van der Waals surface area contributed by atoms with Crippen molar-refractivity contribution >= 4 is 33.6 Å². The van der Waals surface area contributed by atoms with Crippen molar-refractivity contribution in [3.05, 3.63) is 60.2 Å². The third kappa shape index (κ3) is 7.62. The highest BCUT2D eigenvalue weighted by molar-refractivity contribution is 7.90. The van der Waals surface area contributed by atoms with E-state index in [2.05, 4.69) is 16.0 Å². The van der Waals surface area contributed by atoms with Crippen molar-refractivity contribution in [3.8, 4) is 0 Å². The number of benzene rings is 2. The Hall–Kier alpha value is -3.40. The van der Waals surface area contributed by atoms with Crippen LogP contribution in [-0.4, -0.2) is 32.8 Å². The van der Waals surface area contributed by atoms with Gasteiger partial charge in [-0.05, 0) is 29.8 Å². The summed E-state index contributed by atoms with van der Waals surface area (Å²) in [6, 6.07) is 14.0. The Kier molecular flexibility index (Phi) is 7.72. The Labute approximate surface area is 168 Å². The molecule has 0 aromatic heterocycles. The van der Waals surface area contributed by atoms with Crippen LogP contribution in [0.4, 0.5) is 10.5 Å². The molecule has 2 aromatic rings. The first kappa shape index (κ1) is 21.9. The molecule has 154 valence electrons. The van der Waals surface area contributed by atoms with Crippen LogP contribution in [0.15, 0.2) is 59.5 Å². The van der Waals surface area contributed by atoms with Crippen LogP contribution in [0, 0.1) is 0 Å². The maximum absolute atomic E-state index is 12.3. The molecule has 0 aliphatic rings. The largest absolute Gasteiger partial charge is 0.352 e. The van der Waals surface area contributed by atoms with E-state index in [9.17, 15) is 22.8 Å². The molecular weight excluding hydrogens is 396 g/mol. The zero-order valence-corrected chi connectivity index (χ0v) is 16.6. The van der Waals surface area contributed by atoms with Crippen LogP contribution in [0.25, 0.3) is 0 Å². The lowest BCUT2D eigenvalue weighted by molar-refractivity contribution is -0.120. The monoisotopic (exact) mass is 418 g/mol. The number of hydrogen-bond donors (Lipinski definition) is 4. The molecule has 4 N–H and O–H groups in total. The number of carbonyl (C=O) groups is 3. The molecule has 0 fully saturated rings. The van der Waals surface area contributed by atoms with Crippen molar-refractivity contribution in [2.75, 3.05) is 11.9 Å². The molecule has 0 saturated carbocycles. The van der Waals surface area contributed by atoms with Gasteiger partial charge in [0.25, 0.3) is 10.0 Å². The summed E-state index contributed by atoms with van der Waals surface area (Å²) in [6.07, 6.45) is -0.206. The number of rotatable bonds is 8. The van der Waals surface area contributed by atoms with E-state index in [1.54, 1.807) is 36.4 Å². The highest BCUT2D eigenvalue weighted by Crippen LogP contribution is 2.11. The van der Waals surface area contributed by atoms with Gasteiger partial charge in [0, 0.05) is 32.1 Å². The summed E-state index contributed by atoms with van der Waals surface area (Å²) >= 11 is 0. The van der Waals surface area contributed by atoms with E-state index in [1.807, 2.05) is 10.8 Å². The van der Waals surface area contributed by atoms with Crippen LogP contribution >= 0.6 is 0 Å². The van der Waals surface area contributed by atoms with Crippen LogP contribution in [0.5, 0.6) is 0 Å². The van der Waals surface area contributed by atoms with Gasteiger partial charge in [0.15, 0.2) is 0 Å². The van der Waals surface area contributed by atoms with E-state index in [0.29, 0.717) is 5.69 Å². The van der Waals surface area contributed by atoms with E-state index in [-0.39, 0.29) is 30.3 Å². The molecule has 9 nitrogen and oxygen atoms in total. The molecule has 0 spiro atoms. The Morgan fingerprint density at radius 1 is 0.897 bits per heavy atom. The van der Waals surface area contributed by atoms with Crippen molar-refractivity contribution in [1.29, 1.82) is 0 Å². The van der Waals surface area contributed by atoms with Crippen LogP contribution in [0.2, 0.25) is 0 Å². The van der Waals surface area contributed by atoms with Crippen LogP contribution in [-0.2, 0) is 26.2 Å². The summed E-state index contributed by atoms with van der Waals surface area (Å²) in [6.45, 7) is 1.63. The highest BCUT2D eigenvalue weighted by Gasteiger charge is 2.17. The van der Waals surface area contributed by atoms with Gasteiger partial charge in [-0.25, -0.2) is 17.9 Å². The maximum atomic E-state index is 12.3. The third-order valence-electron chi connectivity index (χ3n) is 3.69. The molecule has 0 atom stereocenters. The highest BCUT2D eigenvalue weighted by atomic mass is 32.2. The van der Waals surface area contributed by atoms with Gasteiger partial charge < -0.3 is 16.0 Å². The molecule has 29 heavy (non-hydrogen) atoms. The Bertz CT molecular complexity index is 960. The van der Waals surface area contributed by atoms with Gasteiger partial charge >= 0.3 is 6.03 Å². The number of amides is 4. The zero-order valence-electron chi connectivity index (χ0n) is 15.8. The molecule has 0 radical (unpaired) electrons. The first-order valence-electron chi connectivity index (χ1n) is 8.75. The fraction of sp³-hybridized carbons (Fsp3) is 0.211. The summed E-state index contributed by atoms with van der Waals surface area (Å²) in [5.41, 5.74) is 1.32. The average molecular weight is 418 g/mol. The zero-order chi connectivity index (χ0) is 21.3. The minimum absolute atomic E-state index is 0.0321. The molecule has 2 rings (SSSR count).